The van der Waals surface area contributed by atoms with Gasteiger partial charge < -0.3 is 10.1 Å². The second-order valence-electron chi connectivity index (χ2n) is 4.71. The number of hydrogen-bond donors (Lipinski definition) is 2. The van der Waals surface area contributed by atoms with Crippen molar-refractivity contribution in [2.45, 2.75) is 45.3 Å². The summed E-state index contributed by atoms with van der Waals surface area (Å²) in [7, 11) is -3.17. The summed E-state index contributed by atoms with van der Waals surface area (Å²) in [5, 5.41) is 3.34. The number of ether oxygens (including phenoxy) is 1. The van der Waals surface area contributed by atoms with Gasteiger partial charge in [-0.05, 0) is 39.7 Å². The van der Waals surface area contributed by atoms with Crippen molar-refractivity contribution in [1.82, 2.24) is 10.0 Å². The first-order valence-corrected chi connectivity index (χ1v) is 7.97. The maximum Gasteiger partial charge on any atom is 0.213 e. The summed E-state index contributed by atoms with van der Waals surface area (Å²) in [6.07, 6.45) is 3.29. The van der Waals surface area contributed by atoms with E-state index in [0.717, 1.165) is 19.4 Å². The lowest BCUT2D eigenvalue weighted by Crippen LogP contribution is -2.33. The van der Waals surface area contributed by atoms with Gasteiger partial charge in [-0.15, -0.1) is 0 Å². The monoisotopic (exact) mass is 264 g/mol. The van der Waals surface area contributed by atoms with Gasteiger partial charge in [0.2, 0.25) is 10.0 Å². The standard InChI is InChI=1S/C11H24N2O3S/c1-10(2)16-8-9-17(14,15)13-7-5-11-4-3-6-12-11/h10-13H,3-9H2,1-2H3/t11-/m1/s1. The normalized spacial score (nSPS) is 21.2. The van der Waals surface area contributed by atoms with Crippen molar-refractivity contribution in [3.63, 3.8) is 0 Å². The highest BCUT2D eigenvalue weighted by atomic mass is 32.2. The Bertz CT molecular complexity index is 298. The van der Waals surface area contributed by atoms with Crippen molar-refractivity contribution in [2.24, 2.45) is 0 Å². The molecule has 5 nitrogen and oxygen atoms in total. The van der Waals surface area contributed by atoms with Crippen LogP contribution in [-0.4, -0.2) is 46.0 Å². The lowest BCUT2D eigenvalue weighted by atomic mass is 10.2. The highest BCUT2D eigenvalue weighted by Crippen LogP contribution is 2.07. The molecule has 0 saturated carbocycles. The van der Waals surface area contributed by atoms with E-state index in [-0.39, 0.29) is 18.5 Å². The summed E-state index contributed by atoms with van der Waals surface area (Å²) in [6.45, 7) is 5.62. The van der Waals surface area contributed by atoms with E-state index >= 15 is 0 Å². The zero-order valence-electron chi connectivity index (χ0n) is 10.7. The molecule has 17 heavy (non-hydrogen) atoms. The predicted octanol–water partition coefficient (Wildman–Crippen LogP) is 0.473. The van der Waals surface area contributed by atoms with E-state index in [2.05, 4.69) is 10.0 Å². The van der Waals surface area contributed by atoms with Gasteiger partial charge in [-0.3, -0.25) is 0 Å². The molecule has 0 spiro atoms. The Labute approximate surface area is 104 Å². The summed E-state index contributed by atoms with van der Waals surface area (Å²) in [4.78, 5) is 0. The zero-order chi connectivity index (χ0) is 12.7. The SMILES string of the molecule is CC(C)OCCS(=O)(=O)NCC[C@H]1CCCN1. The van der Waals surface area contributed by atoms with Gasteiger partial charge in [0.25, 0.3) is 0 Å². The Kier molecular flexibility index (Phi) is 6.40. The number of sulfonamides is 1. The molecule has 0 aromatic rings. The Morgan fingerprint density at radius 1 is 1.47 bits per heavy atom. The molecule has 0 aromatic heterocycles. The minimum atomic E-state index is -3.17. The van der Waals surface area contributed by atoms with Gasteiger partial charge in [0.15, 0.2) is 0 Å². The van der Waals surface area contributed by atoms with Crippen LogP contribution >= 0.6 is 0 Å². The first-order valence-electron chi connectivity index (χ1n) is 6.32. The van der Waals surface area contributed by atoms with Gasteiger partial charge in [0, 0.05) is 12.6 Å². The molecule has 1 atom stereocenters. The van der Waals surface area contributed by atoms with Crippen LogP contribution in [0.2, 0.25) is 0 Å². The first kappa shape index (κ1) is 14.9. The summed E-state index contributed by atoms with van der Waals surface area (Å²) in [5.74, 6) is 0.0449. The fraction of sp³-hybridized carbons (Fsp3) is 1.00. The minimum Gasteiger partial charge on any atom is -0.378 e. The molecule has 1 rings (SSSR count). The average molecular weight is 264 g/mol. The second kappa shape index (κ2) is 7.31. The maximum absolute atomic E-state index is 11.6. The molecule has 0 amide bonds. The molecule has 1 aliphatic heterocycles. The molecule has 6 heteroatoms. The molecular weight excluding hydrogens is 240 g/mol. The van der Waals surface area contributed by atoms with Crippen molar-refractivity contribution >= 4 is 10.0 Å². The Morgan fingerprint density at radius 3 is 2.82 bits per heavy atom. The van der Waals surface area contributed by atoms with Crippen molar-refractivity contribution in [2.75, 3.05) is 25.4 Å². The fourth-order valence-electron chi connectivity index (χ4n) is 1.86. The van der Waals surface area contributed by atoms with Gasteiger partial charge >= 0.3 is 0 Å². The number of nitrogens with one attached hydrogen (secondary N) is 2. The van der Waals surface area contributed by atoms with Crippen LogP contribution in [-0.2, 0) is 14.8 Å². The summed E-state index contributed by atoms with van der Waals surface area (Å²) >= 11 is 0. The topological polar surface area (TPSA) is 67.4 Å². The van der Waals surface area contributed by atoms with Gasteiger partial charge in [0.05, 0.1) is 18.5 Å². The molecule has 1 heterocycles. The van der Waals surface area contributed by atoms with Crippen LogP contribution in [0.1, 0.15) is 33.1 Å². The van der Waals surface area contributed by atoms with Crippen LogP contribution in [0, 0.1) is 0 Å². The molecule has 1 fully saturated rings. The molecule has 1 aliphatic rings. The van der Waals surface area contributed by atoms with Gasteiger partial charge in [-0.2, -0.15) is 0 Å². The van der Waals surface area contributed by atoms with E-state index in [0.29, 0.717) is 12.6 Å². The van der Waals surface area contributed by atoms with E-state index in [1.807, 2.05) is 13.8 Å². The Hall–Kier alpha value is -0.170. The average Bonchev–Trinajstić information content (AvgIpc) is 2.69. The van der Waals surface area contributed by atoms with E-state index in [9.17, 15) is 8.42 Å². The van der Waals surface area contributed by atoms with Crippen LogP contribution in [0.5, 0.6) is 0 Å². The largest absolute Gasteiger partial charge is 0.378 e. The summed E-state index contributed by atoms with van der Waals surface area (Å²) in [6, 6.07) is 0.476. The number of hydrogen-bond acceptors (Lipinski definition) is 4. The highest BCUT2D eigenvalue weighted by molar-refractivity contribution is 7.89. The predicted molar refractivity (Wildman–Crippen MR) is 68.5 cm³/mol. The van der Waals surface area contributed by atoms with Crippen molar-refractivity contribution in [3.8, 4) is 0 Å². The van der Waals surface area contributed by atoms with Crippen LogP contribution in [0.3, 0.4) is 0 Å². The van der Waals surface area contributed by atoms with Crippen molar-refractivity contribution in [3.05, 3.63) is 0 Å². The third-order valence-electron chi connectivity index (χ3n) is 2.78. The van der Waals surface area contributed by atoms with Gasteiger partial charge in [-0.1, -0.05) is 0 Å². The molecule has 0 radical (unpaired) electrons. The molecular formula is C11H24N2O3S. The van der Waals surface area contributed by atoms with Crippen molar-refractivity contribution < 1.29 is 13.2 Å². The summed E-state index contributed by atoms with van der Waals surface area (Å²) < 4.78 is 31.0. The molecule has 2 N–H and O–H groups in total. The van der Waals surface area contributed by atoms with Gasteiger partial charge in [0.1, 0.15) is 0 Å². The summed E-state index contributed by atoms with van der Waals surface area (Å²) in [5.41, 5.74) is 0. The Morgan fingerprint density at radius 2 is 2.24 bits per heavy atom. The fourth-order valence-corrected chi connectivity index (χ4v) is 2.75. The van der Waals surface area contributed by atoms with Gasteiger partial charge in [-0.25, -0.2) is 13.1 Å². The lowest BCUT2D eigenvalue weighted by Gasteiger charge is -2.12. The van der Waals surface area contributed by atoms with E-state index in [1.165, 1.54) is 6.42 Å². The van der Waals surface area contributed by atoms with Crippen LogP contribution in [0.25, 0.3) is 0 Å². The number of rotatable bonds is 8. The molecule has 0 bridgehead atoms. The molecule has 0 aliphatic carbocycles. The Balaban J connectivity index is 2.11. The van der Waals surface area contributed by atoms with Crippen LogP contribution < -0.4 is 10.0 Å². The quantitative estimate of drug-likeness (QED) is 0.669. The zero-order valence-corrected chi connectivity index (χ0v) is 11.6. The third-order valence-corrected chi connectivity index (χ3v) is 4.13. The molecule has 0 unspecified atom stereocenters. The van der Waals surface area contributed by atoms with E-state index in [4.69, 9.17) is 4.74 Å². The molecule has 1 saturated heterocycles. The van der Waals surface area contributed by atoms with Crippen LogP contribution in [0.4, 0.5) is 0 Å². The lowest BCUT2D eigenvalue weighted by molar-refractivity contribution is 0.0911. The smallest absolute Gasteiger partial charge is 0.213 e. The highest BCUT2D eigenvalue weighted by Gasteiger charge is 2.15. The second-order valence-corrected chi connectivity index (χ2v) is 6.64. The van der Waals surface area contributed by atoms with E-state index in [1.54, 1.807) is 0 Å². The van der Waals surface area contributed by atoms with Crippen molar-refractivity contribution in [1.29, 1.82) is 0 Å². The van der Waals surface area contributed by atoms with E-state index < -0.39 is 10.0 Å². The maximum atomic E-state index is 11.6. The minimum absolute atomic E-state index is 0.0449. The molecule has 0 aromatic carbocycles. The van der Waals surface area contributed by atoms with Crippen LogP contribution in [0.15, 0.2) is 0 Å². The third kappa shape index (κ3) is 6.98. The first-order chi connectivity index (χ1) is 7.99. The molecule has 102 valence electrons.